The normalized spacial score (nSPS) is 11.6. The summed E-state index contributed by atoms with van der Waals surface area (Å²) in [5, 5.41) is 0. The minimum Gasteiger partial charge on any atom is -0.234 e. The molecule has 2 heteroatoms. The molecule has 0 aromatic carbocycles. The van der Waals surface area contributed by atoms with Crippen LogP contribution in [-0.4, -0.2) is 4.57 Å². The first kappa shape index (κ1) is 22.3. The fourth-order valence-electron chi connectivity index (χ4n) is 3.88. The van der Waals surface area contributed by atoms with Crippen LogP contribution in [0.2, 0.25) is 0 Å². The van der Waals surface area contributed by atoms with Crippen LogP contribution in [0.25, 0.3) is 0 Å². The van der Waals surface area contributed by atoms with Crippen molar-refractivity contribution in [3.05, 3.63) is 18.2 Å². The lowest BCUT2D eigenvalue weighted by Gasteiger charge is -2.07. The molecule has 0 atom stereocenters. The van der Waals surface area contributed by atoms with E-state index in [9.17, 15) is 0 Å². The van der Waals surface area contributed by atoms with Crippen LogP contribution >= 0.6 is 0 Å². The molecule has 0 bridgehead atoms. The van der Waals surface area contributed by atoms with Gasteiger partial charge in [-0.2, -0.15) is 0 Å². The van der Waals surface area contributed by atoms with Crippen molar-refractivity contribution < 1.29 is 4.57 Å². The molecule has 25 heavy (non-hydrogen) atoms. The van der Waals surface area contributed by atoms with Gasteiger partial charge >= 0.3 is 0 Å². The fraction of sp³-hybridized carbons (Fsp3) is 0.870. The summed E-state index contributed by atoms with van der Waals surface area (Å²) in [5.41, 5.74) is 0. The first-order chi connectivity index (χ1) is 12.2. The van der Waals surface area contributed by atoms with E-state index in [2.05, 4.69) is 49.2 Å². The third-order valence-electron chi connectivity index (χ3n) is 5.25. The Morgan fingerprint density at radius 1 is 0.760 bits per heavy atom. The van der Waals surface area contributed by atoms with E-state index in [1.165, 1.54) is 95.8 Å². The lowest BCUT2D eigenvalue weighted by Crippen LogP contribution is -2.38. The van der Waals surface area contributed by atoms with E-state index in [-0.39, 0.29) is 0 Å². The fourth-order valence-corrected chi connectivity index (χ4v) is 3.88. The molecular formula is C23H45N2+. The second kappa shape index (κ2) is 14.4. The second-order valence-electron chi connectivity index (χ2n) is 8.09. The Morgan fingerprint density at radius 2 is 1.28 bits per heavy atom. The summed E-state index contributed by atoms with van der Waals surface area (Å²) in [6.07, 6.45) is 22.9. The van der Waals surface area contributed by atoms with Crippen LogP contribution in [0.4, 0.5) is 0 Å². The van der Waals surface area contributed by atoms with Gasteiger partial charge < -0.3 is 0 Å². The number of nitrogens with zero attached hydrogens (tertiary/aromatic N) is 2. The van der Waals surface area contributed by atoms with Gasteiger partial charge in [-0.1, -0.05) is 91.9 Å². The van der Waals surface area contributed by atoms with Crippen molar-refractivity contribution in [2.24, 2.45) is 0 Å². The molecule has 1 rings (SSSR count). The summed E-state index contributed by atoms with van der Waals surface area (Å²) in [7, 11) is 0. The zero-order chi connectivity index (χ0) is 18.3. The number of hydrogen-bond donors (Lipinski definition) is 0. The van der Waals surface area contributed by atoms with Gasteiger partial charge in [0.1, 0.15) is 12.4 Å². The highest BCUT2D eigenvalue weighted by molar-refractivity contribution is 4.89. The van der Waals surface area contributed by atoms with Crippen molar-refractivity contribution in [1.82, 2.24) is 4.57 Å². The molecule has 1 aromatic heterocycles. The van der Waals surface area contributed by atoms with Gasteiger partial charge in [-0.25, -0.2) is 9.13 Å². The Morgan fingerprint density at radius 3 is 1.76 bits per heavy atom. The number of aryl methyl sites for hydroxylation is 2. The van der Waals surface area contributed by atoms with E-state index in [1.807, 2.05) is 0 Å². The van der Waals surface area contributed by atoms with Crippen molar-refractivity contribution in [1.29, 1.82) is 0 Å². The Labute approximate surface area is 158 Å². The van der Waals surface area contributed by atoms with E-state index in [0.717, 1.165) is 6.54 Å². The largest absolute Gasteiger partial charge is 0.258 e. The van der Waals surface area contributed by atoms with Gasteiger partial charge in [-0.15, -0.1) is 0 Å². The summed E-state index contributed by atoms with van der Waals surface area (Å²) in [4.78, 5) is 0. The maximum Gasteiger partial charge on any atom is 0.258 e. The standard InChI is InChI=1S/C23H45N2/c1-5-7-8-9-10-11-12-13-14-15-16-17-19-25-21-20-24(18-6-2)23(25)22(3)4/h20-22H,5-19H2,1-4H3/q+1. The Bertz CT molecular complexity index is 420. The van der Waals surface area contributed by atoms with Crippen molar-refractivity contribution in [3.8, 4) is 0 Å². The van der Waals surface area contributed by atoms with Crippen LogP contribution in [-0.2, 0) is 13.1 Å². The topological polar surface area (TPSA) is 8.81 Å². The third kappa shape index (κ3) is 9.47. The molecule has 0 aliphatic carbocycles. The number of aromatic nitrogens is 2. The van der Waals surface area contributed by atoms with Crippen LogP contribution < -0.4 is 4.57 Å². The van der Waals surface area contributed by atoms with Crippen molar-refractivity contribution >= 4 is 0 Å². The number of imidazole rings is 1. The summed E-state index contributed by atoms with van der Waals surface area (Å²) in [6, 6.07) is 0. The average Bonchev–Trinajstić information content (AvgIpc) is 2.99. The lowest BCUT2D eigenvalue weighted by molar-refractivity contribution is -0.705. The quantitative estimate of drug-likeness (QED) is 0.224. The number of unbranched alkanes of at least 4 members (excludes halogenated alkanes) is 11. The van der Waals surface area contributed by atoms with Gasteiger partial charge in [-0.05, 0) is 19.3 Å². The smallest absolute Gasteiger partial charge is 0.234 e. The van der Waals surface area contributed by atoms with Crippen molar-refractivity contribution in [3.63, 3.8) is 0 Å². The predicted octanol–water partition coefficient (Wildman–Crippen LogP) is 7.01. The molecule has 0 aliphatic rings. The van der Waals surface area contributed by atoms with Crippen LogP contribution in [0.5, 0.6) is 0 Å². The van der Waals surface area contributed by atoms with Crippen LogP contribution in [0.1, 0.15) is 123 Å². The van der Waals surface area contributed by atoms with E-state index < -0.39 is 0 Å². The molecule has 0 saturated heterocycles. The Kier molecular flexibility index (Phi) is 12.8. The predicted molar refractivity (Wildman–Crippen MR) is 110 cm³/mol. The van der Waals surface area contributed by atoms with Gasteiger partial charge in [0.15, 0.2) is 0 Å². The van der Waals surface area contributed by atoms with Gasteiger partial charge in [-0.3, -0.25) is 0 Å². The van der Waals surface area contributed by atoms with E-state index in [4.69, 9.17) is 0 Å². The lowest BCUT2D eigenvalue weighted by atomic mass is 10.1. The number of hydrogen-bond acceptors (Lipinski definition) is 0. The van der Waals surface area contributed by atoms with E-state index >= 15 is 0 Å². The second-order valence-corrected chi connectivity index (χ2v) is 8.09. The Balaban J connectivity index is 2.06. The summed E-state index contributed by atoms with van der Waals surface area (Å²) in [6.45, 7) is 11.5. The number of rotatable bonds is 16. The molecule has 1 heterocycles. The molecule has 0 spiro atoms. The minimum absolute atomic E-state index is 0.610. The van der Waals surface area contributed by atoms with Gasteiger partial charge in [0, 0.05) is 0 Å². The maximum atomic E-state index is 2.50. The maximum absolute atomic E-state index is 2.50. The molecule has 0 amide bonds. The highest BCUT2D eigenvalue weighted by Gasteiger charge is 2.19. The molecule has 0 saturated carbocycles. The average molecular weight is 350 g/mol. The summed E-state index contributed by atoms with van der Waals surface area (Å²) >= 11 is 0. The van der Waals surface area contributed by atoms with E-state index in [1.54, 1.807) is 0 Å². The minimum atomic E-state index is 0.610. The first-order valence-electron chi connectivity index (χ1n) is 11.3. The molecule has 0 fully saturated rings. The van der Waals surface area contributed by atoms with Crippen LogP contribution in [0.3, 0.4) is 0 Å². The molecule has 0 unspecified atom stereocenters. The molecule has 0 N–H and O–H groups in total. The molecule has 1 aromatic rings. The first-order valence-corrected chi connectivity index (χ1v) is 11.3. The highest BCUT2D eigenvalue weighted by Crippen LogP contribution is 2.13. The third-order valence-corrected chi connectivity index (χ3v) is 5.25. The van der Waals surface area contributed by atoms with Crippen molar-refractivity contribution in [2.45, 2.75) is 130 Å². The van der Waals surface area contributed by atoms with Crippen LogP contribution in [0.15, 0.2) is 12.4 Å². The Hall–Kier alpha value is -0.790. The van der Waals surface area contributed by atoms with E-state index in [0.29, 0.717) is 5.92 Å². The SMILES string of the molecule is CCCCCCCCCCCCCC[n+]1ccn(CCC)c1C(C)C. The monoisotopic (exact) mass is 349 g/mol. The molecule has 0 radical (unpaired) electrons. The zero-order valence-corrected chi connectivity index (χ0v) is 17.7. The van der Waals surface area contributed by atoms with Gasteiger partial charge in [0.2, 0.25) is 0 Å². The molecule has 146 valence electrons. The van der Waals surface area contributed by atoms with Crippen molar-refractivity contribution in [2.75, 3.05) is 0 Å². The highest BCUT2D eigenvalue weighted by atomic mass is 15.1. The zero-order valence-electron chi connectivity index (χ0n) is 17.7. The van der Waals surface area contributed by atoms with Crippen LogP contribution in [0, 0.1) is 0 Å². The molecule has 2 nitrogen and oxygen atoms in total. The van der Waals surface area contributed by atoms with Gasteiger partial charge in [0.25, 0.3) is 5.82 Å². The molecule has 0 aliphatic heterocycles. The molecular weight excluding hydrogens is 304 g/mol. The summed E-state index contributed by atoms with van der Waals surface area (Å²) < 4.78 is 4.95. The summed E-state index contributed by atoms with van der Waals surface area (Å²) in [5.74, 6) is 2.11. The van der Waals surface area contributed by atoms with Gasteiger partial charge in [0.05, 0.1) is 19.0 Å².